The molecule has 8 heteroatoms. The van der Waals surface area contributed by atoms with E-state index in [0.717, 1.165) is 28.8 Å². The van der Waals surface area contributed by atoms with Crippen molar-refractivity contribution in [2.24, 2.45) is 0 Å². The molecule has 2 heterocycles. The molecule has 132 valence electrons. The predicted octanol–water partition coefficient (Wildman–Crippen LogP) is 3.31. The Hall–Kier alpha value is -0.890. The molecule has 2 aromatic rings. The van der Waals surface area contributed by atoms with Crippen molar-refractivity contribution in [1.29, 1.82) is 0 Å². The minimum atomic E-state index is -2.90. The number of fused-ring (bicyclic) bond motifs is 1. The van der Waals surface area contributed by atoms with Gasteiger partial charge in [-0.05, 0) is 50.3 Å². The maximum absolute atomic E-state index is 11.7. The van der Waals surface area contributed by atoms with Crippen molar-refractivity contribution in [2.75, 3.05) is 18.6 Å². The molecule has 24 heavy (non-hydrogen) atoms. The number of rotatable bonds is 5. The highest BCUT2D eigenvalue weighted by Crippen LogP contribution is 2.24. The highest BCUT2D eigenvalue weighted by molar-refractivity contribution is 7.91. The Kier molecular flexibility index (Phi) is 5.06. The third kappa shape index (κ3) is 3.40. The zero-order valence-corrected chi connectivity index (χ0v) is 16.3. The largest absolute Gasteiger partial charge is 0.317 e. The maximum Gasteiger partial charge on any atom is 0.181 e. The van der Waals surface area contributed by atoms with E-state index in [1.54, 1.807) is 0 Å². The molecular formula is C16H22ClN3O2S2. The summed E-state index contributed by atoms with van der Waals surface area (Å²) in [6, 6.07) is 5.85. The number of aryl methyl sites for hydroxylation is 1. The molecule has 0 radical (unpaired) electrons. The molecule has 1 fully saturated rings. The zero-order chi connectivity index (χ0) is 17.5. The number of nitrogens with zero attached hydrogens (tertiary/aromatic N) is 3. The lowest BCUT2D eigenvalue weighted by Crippen LogP contribution is -2.34. The Morgan fingerprint density at radius 1 is 1.33 bits per heavy atom. The standard InChI is InChI=1S/C16H22ClN3O2S2/c1-3-7-19-14-5-4-12(17)9-15(14)20(16(19)23)11-18(2)13-6-8-24(21,22)10-13/h4-5,9,13H,3,6-8,10-11H2,1-2H3/t13-/m0/s1. The van der Waals surface area contributed by atoms with Gasteiger partial charge in [0.25, 0.3) is 0 Å². The number of hydrogen-bond donors (Lipinski definition) is 0. The Balaban J connectivity index is 1.98. The molecule has 1 aliphatic heterocycles. The molecule has 0 spiro atoms. The van der Waals surface area contributed by atoms with Gasteiger partial charge in [0.1, 0.15) is 0 Å². The first kappa shape index (κ1) is 17.9. The van der Waals surface area contributed by atoms with Crippen LogP contribution in [0.2, 0.25) is 5.02 Å². The highest BCUT2D eigenvalue weighted by Gasteiger charge is 2.31. The number of halogens is 1. The second kappa shape index (κ2) is 6.78. The molecule has 1 aromatic heterocycles. The second-order valence-electron chi connectivity index (χ2n) is 6.45. The van der Waals surface area contributed by atoms with Crippen LogP contribution in [0.25, 0.3) is 11.0 Å². The molecule has 0 bridgehead atoms. The fraction of sp³-hybridized carbons (Fsp3) is 0.562. The summed E-state index contributed by atoms with van der Waals surface area (Å²) in [5, 5.41) is 0.672. The van der Waals surface area contributed by atoms with Crippen molar-refractivity contribution in [3.63, 3.8) is 0 Å². The molecule has 1 aromatic carbocycles. The number of aromatic nitrogens is 2. The van der Waals surface area contributed by atoms with Crippen LogP contribution in [0.3, 0.4) is 0 Å². The van der Waals surface area contributed by atoms with Crippen LogP contribution in [0.4, 0.5) is 0 Å². The van der Waals surface area contributed by atoms with Crippen LogP contribution in [0.1, 0.15) is 19.8 Å². The van der Waals surface area contributed by atoms with Crippen molar-refractivity contribution in [1.82, 2.24) is 14.0 Å². The van der Waals surface area contributed by atoms with E-state index < -0.39 is 9.84 Å². The van der Waals surface area contributed by atoms with Crippen LogP contribution in [0.15, 0.2) is 18.2 Å². The Morgan fingerprint density at radius 2 is 2.08 bits per heavy atom. The fourth-order valence-electron chi connectivity index (χ4n) is 3.33. The van der Waals surface area contributed by atoms with Crippen LogP contribution >= 0.6 is 23.8 Å². The van der Waals surface area contributed by atoms with Crippen molar-refractivity contribution in [3.05, 3.63) is 28.0 Å². The third-order valence-corrected chi connectivity index (χ3v) is 7.05. The lowest BCUT2D eigenvalue weighted by molar-refractivity contribution is 0.210. The molecule has 1 saturated heterocycles. The Labute approximate surface area is 152 Å². The number of benzene rings is 1. The normalized spacial score (nSPS) is 20.2. The summed E-state index contributed by atoms with van der Waals surface area (Å²) < 4.78 is 28.4. The van der Waals surface area contributed by atoms with Crippen LogP contribution in [-0.4, -0.2) is 47.0 Å². The minimum Gasteiger partial charge on any atom is -0.317 e. The quantitative estimate of drug-likeness (QED) is 0.738. The first-order valence-electron chi connectivity index (χ1n) is 8.11. The van der Waals surface area contributed by atoms with Crippen LogP contribution < -0.4 is 0 Å². The van der Waals surface area contributed by atoms with E-state index in [1.807, 2.05) is 25.2 Å². The molecule has 0 amide bonds. The van der Waals surface area contributed by atoms with E-state index in [2.05, 4.69) is 21.0 Å². The summed E-state index contributed by atoms with van der Waals surface area (Å²) >= 11 is 11.9. The molecule has 5 nitrogen and oxygen atoms in total. The Bertz CT molecular complexity index is 917. The van der Waals surface area contributed by atoms with Gasteiger partial charge in [-0.1, -0.05) is 18.5 Å². The van der Waals surface area contributed by atoms with E-state index in [4.69, 9.17) is 23.8 Å². The van der Waals surface area contributed by atoms with Gasteiger partial charge < -0.3 is 9.13 Å². The molecule has 0 aliphatic carbocycles. The molecule has 3 rings (SSSR count). The van der Waals surface area contributed by atoms with Crippen molar-refractivity contribution < 1.29 is 8.42 Å². The second-order valence-corrected chi connectivity index (χ2v) is 9.48. The lowest BCUT2D eigenvalue weighted by Gasteiger charge is -2.23. The predicted molar refractivity (Wildman–Crippen MR) is 101 cm³/mol. The van der Waals surface area contributed by atoms with Crippen molar-refractivity contribution in [3.8, 4) is 0 Å². The first-order valence-corrected chi connectivity index (χ1v) is 10.7. The first-order chi connectivity index (χ1) is 11.3. The van der Waals surface area contributed by atoms with Gasteiger partial charge >= 0.3 is 0 Å². The van der Waals surface area contributed by atoms with Gasteiger partial charge in [-0.15, -0.1) is 0 Å². The van der Waals surface area contributed by atoms with Gasteiger partial charge in [-0.2, -0.15) is 0 Å². The van der Waals surface area contributed by atoms with Crippen molar-refractivity contribution in [2.45, 2.75) is 39.0 Å². The van der Waals surface area contributed by atoms with Gasteiger partial charge in [-0.3, -0.25) is 4.90 Å². The fourth-order valence-corrected chi connectivity index (χ4v) is 5.65. The summed E-state index contributed by atoms with van der Waals surface area (Å²) in [5.74, 6) is 0.502. The van der Waals surface area contributed by atoms with Gasteiger partial charge in [0.2, 0.25) is 0 Å². The van der Waals surface area contributed by atoms with Crippen LogP contribution in [0.5, 0.6) is 0 Å². The topological polar surface area (TPSA) is 47.2 Å². The summed E-state index contributed by atoms with van der Waals surface area (Å²) in [7, 11) is -0.940. The van der Waals surface area contributed by atoms with Crippen molar-refractivity contribution >= 4 is 44.7 Å². The van der Waals surface area contributed by atoms with E-state index in [9.17, 15) is 8.42 Å². The van der Waals surface area contributed by atoms with Gasteiger partial charge in [0.15, 0.2) is 14.6 Å². The van der Waals surface area contributed by atoms with Crippen LogP contribution in [0, 0.1) is 4.77 Å². The monoisotopic (exact) mass is 387 g/mol. The van der Waals surface area contributed by atoms with E-state index in [0.29, 0.717) is 18.1 Å². The number of imidazole rings is 1. The molecule has 1 atom stereocenters. The zero-order valence-electron chi connectivity index (χ0n) is 13.9. The third-order valence-electron chi connectivity index (χ3n) is 4.62. The summed E-state index contributed by atoms with van der Waals surface area (Å²) in [6.07, 6.45) is 1.67. The smallest absolute Gasteiger partial charge is 0.181 e. The summed E-state index contributed by atoms with van der Waals surface area (Å²) in [5.41, 5.74) is 2.06. The molecule has 0 unspecified atom stereocenters. The number of hydrogen-bond acceptors (Lipinski definition) is 4. The van der Waals surface area contributed by atoms with E-state index in [-0.39, 0.29) is 17.5 Å². The van der Waals surface area contributed by atoms with E-state index >= 15 is 0 Å². The number of sulfone groups is 1. The van der Waals surface area contributed by atoms with Gasteiger partial charge in [0, 0.05) is 17.6 Å². The molecule has 1 aliphatic rings. The van der Waals surface area contributed by atoms with Gasteiger partial charge in [0.05, 0.1) is 29.2 Å². The SMILES string of the molecule is CCCn1c(=S)n(CN(C)[C@H]2CCS(=O)(=O)C2)c2cc(Cl)ccc21. The van der Waals surface area contributed by atoms with Crippen LogP contribution in [-0.2, 0) is 23.1 Å². The average molecular weight is 388 g/mol. The average Bonchev–Trinajstić information content (AvgIpc) is 3.00. The summed E-state index contributed by atoms with van der Waals surface area (Å²) in [4.78, 5) is 2.08. The lowest BCUT2D eigenvalue weighted by atomic mass is 10.2. The van der Waals surface area contributed by atoms with Gasteiger partial charge in [-0.25, -0.2) is 8.42 Å². The molecule has 0 saturated carbocycles. The maximum atomic E-state index is 11.7. The Morgan fingerprint density at radius 3 is 2.71 bits per heavy atom. The highest BCUT2D eigenvalue weighted by atomic mass is 35.5. The molecule has 0 N–H and O–H groups in total. The van der Waals surface area contributed by atoms with E-state index in [1.165, 1.54) is 0 Å². The minimum absolute atomic E-state index is 0.0423. The summed E-state index contributed by atoms with van der Waals surface area (Å²) in [6.45, 7) is 3.54. The molecular weight excluding hydrogens is 366 g/mol.